The van der Waals surface area contributed by atoms with Gasteiger partial charge in [0.05, 0.1) is 12.2 Å². The summed E-state index contributed by atoms with van der Waals surface area (Å²) in [7, 11) is 0. The van der Waals surface area contributed by atoms with E-state index in [1.807, 2.05) is 54.6 Å². The summed E-state index contributed by atoms with van der Waals surface area (Å²) in [5.41, 5.74) is 2.53. The van der Waals surface area contributed by atoms with Crippen molar-refractivity contribution >= 4 is 11.6 Å². The van der Waals surface area contributed by atoms with E-state index in [0.717, 1.165) is 17.0 Å². The number of aromatic nitrogens is 2. The molecule has 0 aliphatic carbocycles. The molecule has 3 nitrogen and oxygen atoms in total. The summed E-state index contributed by atoms with van der Waals surface area (Å²) >= 11 is 6.22. The number of benzene rings is 2. The molecule has 0 amide bonds. The second-order valence-corrected chi connectivity index (χ2v) is 5.30. The zero-order chi connectivity index (χ0) is 14.8. The Labute approximate surface area is 128 Å². The second kappa shape index (κ2) is 5.62. The molecule has 3 rings (SSSR count). The van der Waals surface area contributed by atoms with Crippen LogP contribution in [0.2, 0.25) is 5.02 Å². The number of hydrogen-bond acceptors (Lipinski definition) is 2. The predicted octanol–water partition coefficient (Wildman–Crippen LogP) is 4.27. The highest BCUT2D eigenvalue weighted by molar-refractivity contribution is 6.31. The minimum absolute atomic E-state index is 0.175. The Balaban J connectivity index is 2.08. The maximum Gasteiger partial charge on any atom is 0.215 e. The molecule has 0 saturated heterocycles. The van der Waals surface area contributed by atoms with Gasteiger partial charge in [-0.2, -0.15) is 0 Å². The van der Waals surface area contributed by atoms with Gasteiger partial charge in [-0.15, -0.1) is 0 Å². The number of halogens is 1. The van der Waals surface area contributed by atoms with E-state index in [9.17, 15) is 5.11 Å². The quantitative estimate of drug-likeness (QED) is 0.784. The van der Waals surface area contributed by atoms with E-state index in [0.29, 0.717) is 17.3 Å². The highest BCUT2D eigenvalue weighted by Gasteiger charge is 2.16. The van der Waals surface area contributed by atoms with Gasteiger partial charge in [-0.1, -0.05) is 60.1 Å². The third kappa shape index (κ3) is 2.65. The average Bonchev–Trinajstić information content (AvgIpc) is 2.79. The van der Waals surface area contributed by atoms with Crippen LogP contribution in [0.4, 0.5) is 0 Å². The highest BCUT2D eigenvalue weighted by Crippen LogP contribution is 2.28. The molecule has 3 aromatic rings. The van der Waals surface area contributed by atoms with E-state index in [4.69, 9.17) is 11.6 Å². The van der Waals surface area contributed by atoms with Gasteiger partial charge in [-0.25, -0.2) is 4.98 Å². The summed E-state index contributed by atoms with van der Waals surface area (Å²) in [6, 6.07) is 17.4. The van der Waals surface area contributed by atoms with Crippen molar-refractivity contribution in [3.8, 4) is 17.3 Å². The first-order valence-corrected chi connectivity index (χ1v) is 7.09. The van der Waals surface area contributed by atoms with Crippen LogP contribution in [0.15, 0.2) is 54.6 Å². The summed E-state index contributed by atoms with van der Waals surface area (Å²) in [4.78, 5) is 4.48. The van der Waals surface area contributed by atoms with Gasteiger partial charge in [0.1, 0.15) is 5.82 Å². The Morgan fingerprint density at radius 3 is 2.43 bits per heavy atom. The number of hydrogen-bond donors (Lipinski definition) is 1. The van der Waals surface area contributed by atoms with Crippen LogP contribution < -0.4 is 0 Å². The molecule has 1 aromatic heterocycles. The number of rotatable bonds is 3. The van der Waals surface area contributed by atoms with Gasteiger partial charge in [0.25, 0.3) is 0 Å². The molecule has 0 saturated carbocycles. The fraction of sp³-hybridized carbons (Fsp3) is 0.118. The summed E-state index contributed by atoms with van der Waals surface area (Å²) < 4.78 is 1.78. The lowest BCUT2D eigenvalue weighted by atomic mass is 10.2. The average molecular weight is 299 g/mol. The monoisotopic (exact) mass is 298 g/mol. The normalized spacial score (nSPS) is 10.8. The fourth-order valence-electron chi connectivity index (χ4n) is 2.32. The molecule has 0 atom stereocenters. The summed E-state index contributed by atoms with van der Waals surface area (Å²) in [5.74, 6) is 0.916. The molecule has 106 valence electrons. The van der Waals surface area contributed by atoms with Crippen LogP contribution in [0.25, 0.3) is 11.4 Å². The Kier molecular flexibility index (Phi) is 3.67. The molecule has 21 heavy (non-hydrogen) atoms. The zero-order valence-electron chi connectivity index (χ0n) is 11.6. The van der Waals surface area contributed by atoms with Crippen LogP contribution in [0.1, 0.15) is 11.3 Å². The van der Waals surface area contributed by atoms with Crippen molar-refractivity contribution in [3.05, 3.63) is 70.9 Å². The Morgan fingerprint density at radius 2 is 1.71 bits per heavy atom. The van der Waals surface area contributed by atoms with Gasteiger partial charge in [-0.3, -0.25) is 4.57 Å². The molecule has 2 aromatic carbocycles. The third-order valence-electron chi connectivity index (χ3n) is 3.43. The number of aryl methyl sites for hydroxylation is 1. The summed E-state index contributed by atoms with van der Waals surface area (Å²) in [6.07, 6.45) is 0. The van der Waals surface area contributed by atoms with Gasteiger partial charge >= 0.3 is 0 Å². The van der Waals surface area contributed by atoms with Crippen molar-refractivity contribution in [1.29, 1.82) is 0 Å². The largest absolute Gasteiger partial charge is 0.493 e. The van der Waals surface area contributed by atoms with Crippen LogP contribution in [-0.4, -0.2) is 14.7 Å². The van der Waals surface area contributed by atoms with E-state index in [1.165, 1.54) is 0 Å². The van der Waals surface area contributed by atoms with Crippen molar-refractivity contribution in [3.63, 3.8) is 0 Å². The molecule has 0 spiro atoms. The zero-order valence-corrected chi connectivity index (χ0v) is 12.4. The topological polar surface area (TPSA) is 38.0 Å². The molecular formula is C17H15ClN2O. The summed E-state index contributed by atoms with van der Waals surface area (Å²) in [5, 5.41) is 11.0. The predicted molar refractivity (Wildman–Crippen MR) is 84.6 cm³/mol. The van der Waals surface area contributed by atoms with Crippen LogP contribution in [-0.2, 0) is 6.54 Å². The first-order valence-electron chi connectivity index (χ1n) is 6.71. The number of nitrogens with zero attached hydrogens (tertiary/aromatic N) is 2. The minimum Gasteiger partial charge on any atom is -0.493 e. The first kappa shape index (κ1) is 13.7. The van der Waals surface area contributed by atoms with Crippen LogP contribution in [0, 0.1) is 6.92 Å². The van der Waals surface area contributed by atoms with Crippen molar-refractivity contribution in [1.82, 2.24) is 9.55 Å². The Hall–Kier alpha value is -2.26. The fourth-order valence-corrected chi connectivity index (χ4v) is 2.51. The third-order valence-corrected chi connectivity index (χ3v) is 3.80. The first-order chi connectivity index (χ1) is 10.2. The van der Waals surface area contributed by atoms with Gasteiger partial charge in [0, 0.05) is 10.6 Å². The van der Waals surface area contributed by atoms with Crippen molar-refractivity contribution in [2.45, 2.75) is 13.5 Å². The maximum atomic E-state index is 10.3. The molecule has 0 radical (unpaired) electrons. The molecule has 0 unspecified atom stereocenters. The maximum absolute atomic E-state index is 10.3. The van der Waals surface area contributed by atoms with Gasteiger partial charge in [-0.05, 0) is 18.6 Å². The molecule has 1 N–H and O–H groups in total. The van der Waals surface area contributed by atoms with Crippen LogP contribution in [0.5, 0.6) is 5.88 Å². The van der Waals surface area contributed by atoms with Crippen LogP contribution in [0.3, 0.4) is 0 Å². The van der Waals surface area contributed by atoms with E-state index in [2.05, 4.69) is 4.98 Å². The van der Waals surface area contributed by atoms with E-state index in [-0.39, 0.29) is 5.88 Å². The Morgan fingerprint density at radius 1 is 1.05 bits per heavy atom. The van der Waals surface area contributed by atoms with E-state index < -0.39 is 0 Å². The van der Waals surface area contributed by atoms with Gasteiger partial charge < -0.3 is 5.11 Å². The lowest BCUT2D eigenvalue weighted by molar-refractivity contribution is 0.422. The van der Waals surface area contributed by atoms with Crippen molar-refractivity contribution in [2.75, 3.05) is 0 Å². The molecule has 0 aliphatic heterocycles. The second-order valence-electron chi connectivity index (χ2n) is 4.89. The number of aromatic hydroxyl groups is 1. The van der Waals surface area contributed by atoms with Crippen molar-refractivity contribution in [2.24, 2.45) is 0 Å². The van der Waals surface area contributed by atoms with Gasteiger partial charge in [0.15, 0.2) is 0 Å². The van der Waals surface area contributed by atoms with E-state index in [1.54, 1.807) is 11.5 Å². The molecule has 0 fully saturated rings. The number of imidazole rings is 1. The van der Waals surface area contributed by atoms with Gasteiger partial charge in [0.2, 0.25) is 5.88 Å². The lowest BCUT2D eigenvalue weighted by Gasteiger charge is -2.10. The highest BCUT2D eigenvalue weighted by atomic mass is 35.5. The van der Waals surface area contributed by atoms with E-state index >= 15 is 0 Å². The Bertz CT molecular complexity index is 766. The molecular weight excluding hydrogens is 284 g/mol. The van der Waals surface area contributed by atoms with Crippen LogP contribution >= 0.6 is 11.6 Å². The minimum atomic E-state index is 0.175. The molecule has 0 aliphatic rings. The summed E-state index contributed by atoms with van der Waals surface area (Å²) in [6.45, 7) is 2.28. The smallest absolute Gasteiger partial charge is 0.215 e. The molecule has 1 heterocycles. The molecule has 0 bridgehead atoms. The van der Waals surface area contributed by atoms with Crippen molar-refractivity contribution < 1.29 is 5.11 Å². The standard InChI is InChI=1S/C17H15ClN2O/c1-12-17(21)20(11-14-9-5-6-10-15(14)18)16(19-12)13-7-3-2-4-8-13/h2-10,21H,11H2,1H3. The SMILES string of the molecule is Cc1nc(-c2ccccc2)n(Cc2ccccc2Cl)c1O. The lowest BCUT2D eigenvalue weighted by Crippen LogP contribution is -2.02. The molecule has 4 heteroatoms.